The van der Waals surface area contributed by atoms with Crippen LogP contribution in [0.2, 0.25) is 0 Å². The van der Waals surface area contributed by atoms with E-state index in [1.54, 1.807) is 0 Å². The number of nitriles is 1. The van der Waals surface area contributed by atoms with Crippen LogP contribution in [0.25, 0.3) is 0 Å². The summed E-state index contributed by atoms with van der Waals surface area (Å²) in [6, 6.07) is 2.93. The lowest BCUT2D eigenvalue weighted by atomic mass is 9.78. The second-order valence-electron chi connectivity index (χ2n) is 5.57. The Morgan fingerprint density at radius 2 is 1.81 bits per heavy atom. The molecule has 0 radical (unpaired) electrons. The third-order valence-corrected chi connectivity index (χ3v) is 3.93. The van der Waals surface area contributed by atoms with Crippen molar-refractivity contribution in [3.63, 3.8) is 0 Å². The van der Waals surface area contributed by atoms with E-state index in [2.05, 4.69) is 5.32 Å². The number of hydrogen-bond donors (Lipinski definition) is 1. The standard InChI is InChI=1S/C15H15F3N2O/c1-9-2-4-15(8-19,5-3-9)20-14(21)13-11(17)6-10(16)7-12(13)18/h6-7,9H,2-5H2,1H3,(H,20,21). The summed E-state index contributed by atoms with van der Waals surface area (Å²) in [5.74, 6) is -4.23. The Balaban J connectivity index is 2.24. The van der Waals surface area contributed by atoms with Crippen molar-refractivity contribution >= 4 is 5.91 Å². The summed E-state index contributed by atoms with van der Waals surface area (Å²) in [5, 5.41) is 11.7. The molecule has 0 atom stereocenters. The van der Waals surface area contributed by atoms with Crippen LogP contribution in [0.4, 0.5) is 13.2 Å². The minimum atomic E-state index is -1.28. The molecule has 0 aromatic heterocycles. The molecule has 1 aliphatic carbocycles. The normalized spacial score (nSPS) is 25.2. The highest BCUT2D eigenvalue weighted by atomic mass is 19.1. The van der Waals surface area contributed by atoms with Crippen LogP contribution in [0.15, 0.2) is 12.1 Å². The third-order valence-electron chi connectivity index (χ3n) is 3.93. The second kappa shape index (κ2) is 5.76. The van der Waals surface area contributed by atoms with E-state index in [1.807, 2.05) is 13.0 Å². The Bertz CT molecular complexity index is 578. The molecule has 0 bridgehead atoms. The lowest BCUT2D eigenvalue weighted by molar-refractivity contribution is 0.0885. The van der Waals surface area contributed by atoms with Gasteiger partial charge in [-0.1, -0.05) is 6.92 Å². The van der Waals surface area contributed by atoms with Crippen molar-refractivity contribution in [1.29, 1.82) is 5.26 Å². The molecule has 2 rings (SSSR count). The van der Waals surface area contributed by atoms with Crippen LogP contribution >= 0.6 is 0 Å². The zero-order valence-electron chi connectivity index (χ0n) is 11.5. The van der Waals surface area contributed by atoms with Gasteiger partial charge in [0.05, 0.1) is 6.07 Å². The molecule has 3 nitrogen and oxygen atoms in total. The van der Waals surface area contributed by atoms with E-state index in [0.29, 0.717) is 30.9 Å². The van der Waals surface area contributed by atoms with Crippen molar-refractivity contribution in [3.8, 4) is 6.07 Å². The molecule has 1 saturated carbocycles. The van der Waals surface area contributed by atoms with E-state index >= 15 is 0 Å². The predicted molar refractivity (Wildman–Crippen MR) is 69.8 cm³/mol. The van der Waals surface area contributed by atoms with Crippen LogP contribution in [-0.2, 0) is 0 Å². The largest absolute Gasteiger partial charge is 0.334 e. The molecule has 112 valence electrons. The molecule has 1 amide bonds. The fourth-order valence-corrected chi connectivity index (χ4v) is 2.56. The number of nitrogens with zero attached hydrogens (tertiary/aromatic N) is 1. The maximum Gasteiger partial charge on any atom is 0.258 e. The topological polar surface area (TPSA) is 52.9 Å². The van der Waals surface area contributed by atoms with Crippen LogP contribution in [0.1, 0.15) is 43.0 Å². The second-order valence-corrected chi connectivity index (χ2v) is 5.57. The molecule has 1 aliphatic rings. The smallest absolute Gasteiger partial charge is 0.258 e. The maximum atomic E-state index is 13.6. The highest BCUT2D eigenvalue weighted by Gasteiger charge is 2.37. The molecule has 0 aliphatic heterocycles. The summed E-state index contributed by atoms with van der Waals surface area (Å²) < 4.78 is 40.0. The van der Waals surface area contributed by atoms with Crippen molar-refractivity contribution in [2.75, 3.05) is 0 Å². The molecule has 6 heteroatoms. The summed E-state index contributed by atoms with van der Waals surface area (Å²) in [7, 11) is 0. The van der Waals surface area contributed by atoms with E-state index in [4.69, 9.17) is 0 Å². The number of rotatable bonds is 2. The molecule has 0 saturated heterocycles. The van der Waals surface area contributed by atoms with E-state index < -0.39 is 34.5 Å². The van der Waals surface area contributed by atoms with Gasteiger partial charge in [-0.25, -0.2) is 13.2 Å². The van der Waals surface area contributed by atoms with E-state index in [0.717, 1.165) is 12.8 Å². The van der Waals surface area contributed by atoms with Crippen molar-refractivity contribution in [3.05, 3.63) is 35.1 Å². The molecular formula is C15H15F3N2O. The first-order chi connectivity index (χ1) is 9.87. The van der Waals surface area contributed by atoms with Crippen molar-refractivity contribution < 1.29 is 18.0 Å². The SMILES string of the molecule is CC1CCC(C#N)(NC(=O)c2c(F)cc(F)cc2F)CC1. The Kier molecular flexibility index (Phi) is 4.21. The van der Waals surface area contributed by atoms with Crippen LogP contribution < -0.4 is 5.32 Å². The van der Waals surface area contributed by atoms with Gasteiger partial charge in [0.1, 0.15) is 28.6 Å². The molecule has 1 aromatic rings. The minimum absolute atomic E-state index is 0.431. The highest BCUT2D eigenvalue weighted by Crippen LogP contribution is 2.32. The number of carbonyl (C=O) groups is 1. The van der Waals surface area contributed by atoms with Gasteiger partial charge in [0.2, 0.25) is 0 Å². The molecular weight excluding hydrogens is 281 g/mol. The average molecular weight is 296 g/mol. The molecule has 1 N–H and O–H groups in total. The first-order valence-corrected chi connectivity index (χ1v) is 6.75. The van der Waals surface area contributed by atoms with Gasteiger partial charge >= 0.3 is 0 Å². The van der Waals surface area contributed by atoms with E-state index in [1.165, 1.54) is 0 Å². The maximum absolute atomic E-state index is 13.6. The average Bonchev–Trinajstić information content (AvgIpc) is 2.40. The Morgan fingerprint density at radius 3 is 2.29 bits per heavy atom. The third kappa shape index (κ3) is 3.18. The first kappa shape index (κ1) is 15.4. The minimum Gasteiger partial charge on any atom is -0.334 e. The zero-order chi connectivity index (χ0) is 15.6. The lowest BCUT2D eigenvalue weighted by Crippen LogP contribution is -2.49. The molecule has 0 unspecified atom stereocenters. The monoisotopic (exact) mass is 296 g/mol. The molecule has 21 heavy (non-hydrogen) atoms. The van der Waals surface area contributed by atoms with Gasteiger partial charge in [0.25, 0.3) is 5.91 Å². The summed E-state index contributed by atoms with van der Waals surface area (Å²) in [4.78, 5) is 12.0. The van der Waals surface area contributed by atoms with Crippen molar-refractivity contribution in [2.24, 2.45) is 5.92 Å². The summed E-state index contributed by atoms with van der Waals surface area (Å²) in [6.07, 6.45) is 2.37. The number of hydrogen-bond acceptors (Lipinski definition) is 2. The lowest BCUT2D eigenvalue weighted by Gasteiger charge is -2.34. The van der Waals surface area contributed by atoms with Gasteiger partial charge in [0.15, 0.2) is 0 Å². The number of halogens is 3. The van der Waals surface area contributed by atoms with E-state index in [9.17, 15) is 23.2 Å². The van der Waals surface area contributed by atoms with Crippen molar-refractivity contribution in [2.45, 2.75) is 38.1 Å². The number of benzene rings is 1. The van der Waals surface area contributed by atoms with Gasteiger partial charge in [-0.2, -0.15) is 5.26 Å². The molecule has 0 spiro atoms. The Labute approximate surface area is 120 Å². The van der Waals surface area contributed by atoms with Gasteiger partial charge in [-0.05, 0) is 31.6 Å². The molecule has 1 aromatic carbocycles. The Morgan fingerprint density at radius 1 is 1.29 bits per heavy atom. The zero-order valence-corrected chi connectivity index (χ0v) is 11.5. The fraction of sp³-hybridized carbons (Fsp3) is 0.467. The fourth-order valence-electron chi connectivity index (χ4n) is 2.56. The van der Waals surface area contributed by atoms with Crippen molar-refractivity contribution in [1.82, 2.24) is 5.32 Å². The number of amides is 1. The van der Waals surface area contributed by atoms with Gasteiger partial charge in [0, 0.05) is 12.1 Å². The summed E-state index contributed by atoms with van der Waals surface area (Å²) in [5.41, 5.74) is -1.97. The van der Waals surface area contributed by atoms with Crippen LogP contribution in [-0.4, -0.2) is 11.4 Å². The highest BCUT2D eigenvalue weighted by molar-refractivity contribution is 5.95. The molecule has 0 heterocycles. The summed E-state index contributed by atoms with van der Waals surface area (Å²) in [6.45, 7) is 2.04. The van der Waals surface area contributed by atoms with Crippen LogP contribution in [0.5, 0.6) is 0 Å². The van der Waals surface area contributed by atoms with Gasteiger partial charge in [-0.3, -0.25) is 4.79 Å². The Hall–Kier alpha value is -2.03. The predicted octanol–water partition coefficient (Wildman–Crippen LogP) is 3.31. The van der Waals surface area contributed by atoms with Gasteiger partial charge in [-0.15, -0.1) is 0 Å². The van der Waals surface area contributed by atoms with Gasteiger partial charge < -0.3 is 5.32 Å². The molecule has 1 fully saturated rings. The summed E-state index contributed by atoms with van der Waals surface area (Å²) >= 11 is 0. The van der Waals surface area contributed by atoms with Crippen LogP contribution in [0, 0.1) is 34.7 Å². The van der Waals surface area contributed by atoms with Crippen LogP contribution in [0.3, 0.4) is 0 Å². The first-order valence-electron chi connectivity index (χ1n) is 6.75. The number of carbonyl (C=O) groups excluding carboxylic acids is 1. The number of nitrogens with one attached hydrogen (secondary N) is 1. The quantitative estimate of drug-likeness (QED) is 0.910. The van der Waals surface area contributed by atoms with E-state index in [-0.39, 0.29) is 0 Å².